The molecule has 0 spiro atoms. The van der Waals surface area contributed by atoms with Gasteiger partial charge in [-0.15, -0.1) is 0 Å². The second kappa shape index (κ2) is 5.76. The topological polar surface area (TPSA) is 20.2 Å². The van der Waals surface area contributed by atoms with Gasteiger partial charge in [-0.05, 0) is 30.7 Å². The molecule has 0 aliphatic rings. The van der Waals surface area contributed by atoms with Crippen molar-refractivity contribution in [1.29, 1.82) is 0 Å². The normalized spacial score (nSPS) is 12.8. The van der Waals surface area contributed by atoms with Gasteiger partial charge in [0.1, 0.15) is 0 Å². The van der Waals surface area contributed by atoms with Crippen molar-refractivity contribution in [3.8, 4) is 0 Å². The highest BCUT2D eigenvalue weighted by Crippen LogP contribution is 2.12. The molecule has 0 saturated carbocycles. The highest BCUT2D eigenvalue weighted by molar-refractivity contribution is 5.14. The zero-order valence-electron chi connectivity index (χ0n) is 8.24. The van der Waals surface area contributed by atoms with Gasteiger partial charge in [0.15, 0.2) is 0 Å². The Morgan fingerprint density at radius 1 is 1.23 bits per heavy atom. The van der Waals surface area contributed by atoms with E-state index in [1.54, 1.807) is 0 Å². The Bertz CT molecular complexity index is 218. The maximum absolute atomic E-state index is 8.68. The predicted molar refractivity (Wildman–Crippen MR) is 55.6 cm³/mol. The Morgan fingerprint density at radius 2 is 1.92 bits per heavy atom. The Hall–Kier alpha value is -0.820. The Morgan fingerprint density at radius 3 is 2.54 bits per heavy atom. The quantitative estimate of drug-likeness (QED) is 0.735. The zero-order chi connectivity index (χ0) is 9.52. The van der Waals surface area contributed by atoms with Crippen molar-refractivity contribution in [1.82, 2.24) is 0 Å². The molecule has 0 radical (unpaired) electrons. The minimum Gasteiger partial charge on any atom is -0.396 e. The van der Waals surface area contributed by atoms with Gasteiger partial charge in [0.25, 0.3) is 0 Å². The molecule has 1 rings (SSSR count). The summed E-state index contributed by atoms with van der Waals surface area (Å²) in [6.07, 6.45) is 3.17. The van der Waals surface area contributed by atoms with Gasteiger partial charge in [-0.25, -0.2) is 0 Å². The van der Waals surface area contributed by atoms with E-state index in [0.29, 0.717) is 12.5 Å². The van der Waals surface area contributed by atoms with Crippen LogP contribution in [0.2, 0.25) is 0 Å². The van der Waals surface area contributed by atoms with Gasteiger partial charge in [0.2, 0.25) is 0 Å². The van der Waals surface area contributed by atoms with Crippen LogP contribution in [0.3, 0.4) is 0 Å². The maximum Gasteiger partial charge on any atom is 0.0431 e. The first-order valence-corrected chi connectivity index (χ1v) is 4.97. The molecule has 0 aromatic heterocycles. The average Bonchev–Trinajstić information content (AvgIpc) is 2.16. The summed E-state index contributed by atoms with van der Waals surface area (Å²) in [5.41, 5.74) is 1.40. The second-order valence-corrected chi connectivity index (χ2v) is 3.66. The van der Waals surface area contributed by atoms with Gasteiger partial charge >= 0.3 is 0 Å². The van der Waals surface area contributed by atoms with Crippen LogP contribution in [0, 0.1) is 5.92 Å². The van der Waals surface area contributed by atoms with Gasteiger partial charge in [-0.3, -0.25) is 0 Å². The molecular weight excluding hydrogens is 160 g/mol. The van der Waals surface area contributed by atoms with Crippen LogP contribution in [0.4, 0.5) is 0 Å². The van der Waals surface area contributed by atoms with Crippen molar-refractivity contribution in [3.63, 3.8) is 0 Å². The molecule has 1 atom stereocenters. The number of aliphatic hydroxyl groups excluding tert-OH is 1. The second-order valence-electron chi connectivity index (χ2n) is 3.66. The molecule has 1 aromatic carbocycles. The van der Waals surface area contributed by atoms with E-state index >= 15 is 0 Å². The molecule has 0 aliphatic carbocycles. The van der Waals surface area contributed by atoms with Crippen molar-refractivity contribution >= 4 is 0 Å². The lowest BCUT2D eigenvalue weighted by atomic mass is 9.97. The lowest BCUT2D eigenvalue weighted by Crippen LogP contribution is -2.00. The lowest BCUT2D eigenvalue weighted by molar-refractivity contribution is 0.273. The number of hydrogen-bond donors (Lipinski definition) is 1. The van der Waals surface area contributed by atoms with Gasteiger partial charge < -0.3 is 5.11 Å². The molecule has 0 amide bonds. The van der Waals surface area contributed by atoms with Crippen molar-refractivity contribution < 1.29 is 5.11 Å². The monoisotopic (exact) mass is 178 g/mol. The molecule has 0 aliphatic heterocycles. The van der Waals surface area contributed by atoms with Crippen LogP contribution < -0.4 is 0 Å². The third-order valence-corrected chi connectivity index (χ3v) is 2.28. The van der Waals surface area contributed by atoms with Crippen molar-refractivity contribution in [3.05, 3.63) is 35.9 Å². The smallest absolute Gasteiger partial charge is 0.0431 e. The van der Waals surface area contributed by atoms with Crippen molar-refractivity contribution in [2.45, 2.75) is 26.2 Å². The summed E-state index contributed by atoms with van der Waals surface area (Å²) in [6.45, 7) is 2.56. The molecule has 1 aromatic rings. The molecule has 0 saturated heterocycles. The van der Waals surface area contributed by atoms with Crippen LogP contribution >= 0.6 is 0 Å². The fraction of sp³-hybridized carbons (Fsp3) is 0.500. The lowest BCUT2D eigenvalue weighted by Gasteiger charge is -2.09. The summed E-state index contributed by atoms with van der Waals surface area (Å²) in [6, 6.07) is 10.5. The Labute approximate surface area is 80.4 Å². The third-order valence-electron chi connectivity index (χ3n) is 2.28. The summed E-state index contributed by atoms with van der Waals surface area (Å²) < 4.78 is 0. The van der Waals surface area contributed by atoms with Crippen LogP contribution in [-0.4, -0.2) is 11.7 Å². The van der Waals surface area contributed by atoms with Crippen LogP contribution in [-0.2, 0) is 6.42 Å². The molecule has 1 unspecified atom stereocenters. The third kappa shape index (κ3) is 4.09. The van der Waals surface area contributed by atoms with E-state index in [1.807, 2.05) is 6.07 Å². The number of benzene rings is 1. The minimum absolute atomic E-state index is 0.319. The van der Waals surface area contributed by atoms with Crippen LogP contribution in [0.15, 0.2) is 30.3 Å². The molecule has 0 heterocycles. The zero-order valence-corrected chi connectivity index (χ0v) is 8.24. The number of hydrogen-bond acceptors (Lipinski definition) is 1. The highest BCUT2D eigenvalue weighted by atomic mass is 16.2. The molecule has 72 valence electrons. The van der Waals surface area contributed by atoms with E-state index in [-0.39, 0.29) is 0 Å². The molecule has 1 nitrogen and oxygen atoms in total. The van der Waals surface area contributed by atoms with E-state index in [1.165, 1.54) is 5.56 Å². The average molecular weight is 178 g/mol. The summed E-state index contributed by atoms with van der Waals surface area (Å²) in [4.78, 5) is 0. The summed E-state index contributed by atoms with van der Waals surface area (Å²) in [7, 11) is 0. The summed E-state index contributed by atoms with van der Waals surface area (Å²) in [5.74, 6) is 0.676. The fourth-order valence-corrected chi connectivity index (χ4v) is 1.56. The summed E-state index contributed by atoms with van der Waals surface area (Å²) >= 11 is 0. The van der Waals surface area contributed by atoms with Crippen LogP contribution in [0.1, 0.15) is 25.3 Å². The maximum atomic E-state index is 8.68. The molecule has 1 N–H and O–H groups in total. The SMILES string of the molecule is CC(CCCO)Cc1ccccc1. The molecule has 0 fully saturated rings. The van der Waals surface area contributed by atoms with E-state index < -0.39 is 0 Å². The van der Waals surface area contributed by atoms with E-state index in [2.05, 4.69) is 31.2 Å². The first kappa shape index (κ1) is 10.3. The van der Waals surface area contributed by atoms with E-state index in [9.17, 15) is 0 Å². The first-order valence-electron chi connectivity index (χ1n) is 4.97. The van der Waals surface area contributed by atoms with Gasteiger partial charge in [-0.1, -0.05) is 37.3 Å². The standard InChI is InChI=1S/C12H18O/c1-11(6-5-9-13)10-12-7-3-2-4-8-12/h2-4,7-8,11,13H,5-6,9-10H2,1H3. The van der Waals surface area contributed by atoms with Crippen LogP contribution in [0.25, 0.3) is 0 Å². The summed E-state index contributed by atoms with van der Waals surface area (Å²) in [5, 5.41) is 8.68. The largest absolute Gasteiger partial charge is 0.396 e. The molecule has 0 bridgehead atoms. The predicted octanol–water partition coefficient (Wildman–Crippen LogP) is 2.64. The molecular formula is C12H18O. The number of aliphatic hydroxyl groups is 1. The highest BCUT2D eigenvalue weighted by Gasteiger charge is 2.02. The van der Waals surface area contributed by atoms with E-state index in [4.69, 9.17) is 5.11 Å². The Kier molecular flexibility index (Phi) is 4.55. The van der Waals surface area contributed by atoms with E-state index in [0.717, 1.165) is 19.3 Å². The van der Waals surface area contributed by atoms with Crippen molar-refractivity contribution in [2.24, 2.45) is 5.92 Å². The minimum atomic E-state index is 0.319. The van der Waals surface area contributed by atoms with Gasteiger partial charge in [0, 0.05) is 6.61 Å². The van der Waals surface area contributed by atoms with Crippen LogP contribution in [0.5, 0.6) is 0 Å². The van der Waals surface area contributed by atoms with Gasteiger partial charge in [-0.2, -0.15) is 0 Å². The van der Waals surface area contributed by atoms with Gasteiger partial charge in [0.05, 0.1) is 0 Å². The first-order chi connectivity index (χ1) is 6.33. The fourth-order valence-electron chi connectivity index (χ4n) is 1.56. The molecule has 1 heteroatoms. The molecule has 13 heavy (non-hydrogen) atoms. The Balaban J connectivity index is 2.32. The van der Waals surface area contributed by atoms with Crippen molar-refractivity contribution in [2.75, 3.05) is 6.61 Å². The number of rotatable bonds is 5.